The van der Waals surface area contributed by atoms with Crippen LogP contribution in [0.1, 0.15) is 28.8 Å². The molecule has 1 amide bonds. The van der Waals surface area contributed by atoms with Crippen molar-refractivity contribution < 1.29 is 17.5 Å². The van der Waals surface area contributed by atoms with Crippen LogP contribution in [0.4, 0.5) is 0 Å². The number of hydroxylamine groups is 2. The molecule has 1 unspecified atom stereocenters. The predicted octanol–water partition coefficient (Wildman–Crippen LogP) is 3.51. The number of piperidine rings is 1. The smallest absolute Gasteiger partial charge is 0.301 e. The maximum absolute atomic E-state index is 13.2. The van der Waals surface area contributed by atoms with Crippen molar-refractivity contribution in [1.82, 2.24) is 9.96 Å². The van der Waals surface area contributed by atoms with Crippen LogP contribution < -0.4 is 0 Å². The van der Waals surface area contributed by atoms with Gasteiger partial charge in [-0.1, -0.05) is 29.3 Å². The summed E-state index contributed by atoms with van der Waals surface area (Å²) in [5.41, 5.74) is 1.27. The van der Waals surface area contributed by atoms with Gasteiger partial charge in [0.2, 0.25) is 0 Å². The van der Waals surface area contributed by atoms with Crippen molar-refractivity contribution in [3.05, 3.63) is 64.7 Å². The summed E-state index contributed by atoms with van der Waals surface area (Å²) < 4.78 is 31.3. The number of hydrogen-bond donors (Lipinski definition) is 0. The van der Waals surface area contributed by atoms with Gasteiger partial charge in [0.1, 0.15) is 0 Å². The second-order valence-electron chi connectivity index (χ2n) is 7.78. The van der Waals surface area contributed by atoms with E-state index < -0.39 is 16.0 Å². The van der Waals surface area contributed by atoms with E-state index >= 15 is 0 Å². The van der Waals surface area contributed by atoms with Crippen LogP contribution in [0.3, 0.4) is 0 Å². The molecular weight excluding hydrogens is 412 g/mol. The monoisotopic (exact) mass is 434 g/mol. The Kier molecular flexibility index (Phi) is 5.66. The topological polar surface area (TPSA) is 66.9 Å². The van der Waals surface area contributed by atoms with Gasteiger partial charge in [-0.3, -0.25) is 4.79 Å². The first kappa shape index (κ1) is 20.3. The molecule has 0 N–H and O–H groups in total. The van der Waals surface area contributed by atoms with Gasteiger partial charge in [-0.25, -0.2) is 0 Å². The zero-order chi connectivity index (χ0) is 20.6. The number of carbonyl (C=O) groups is 1. The molecule has 0 saturated carbocycles. The van der Waals surface area contributed by atoms with Crippen molar-refractivity contribution in [2.75, 3.05) is 19.6 Å². The van der Waals surface area contributed by atoms with Gasteiger partial charge in [-0.15, -0.1) is 4.28 Å². The summed E-state index contributed by atoms with van der Waals surface area (Å²) in [4.78, 5) is 15.5. The van der Waals surface area contributed by atoms with Gasteiger partial charge < -0.3 is 4.90 Å². The van der Waals surface area contributed by atoms with Gasteiger partial charge in [0.25, 0.3) is 5.91 Å². The molecule has 2 saturated heterocycles. The molecule has 0 radical (unpaired) electrons. The summed E-state index contributed by atoms with van der Waals surface area (Å²) in [5, 5.41) is 1.56. The van der Waals surface area contributed by atoms with Gasteiger partial charge >= 0.3 is 10.1 Å². The molecule has 2 heterocycles. The van der Waals surface area contributed by atoms with Crippen molar-refractivity contribution in [3.8, 4) is 0 Å². The highest BCUT2D eigenvalue weighted by Crippen LogP contribution is 2.31. The molecule has 2 aliphatic heterocycles. The van der Waals surface area contributed by atoms with Crippen LogP contribution >= 0.6 is 11.6 Å². The fourth-order valence-corrected chi connectivity index (χ4v) is 5.11. The molecule has 2 bridgehead atoms. The maximum atomic E-state index is 13.2. The van der Waals surface area contributed by atoms with Gasteiger partial charge in [-0.05, 0) is 68.6 Å². The number of fused-ring (bicyclic) bond motifs is 2. The molecule has 3 atom stereocenters. The third kappa shape index (κ3) is 4.48. The molecule has 154 valence electrons. The molecule has 2 aliphatic rings. The van der Waals surface area contributed by atoms with Crippen LogP contribution in [0.25, 0.3) is 0 Å². The first-order chi connectivity index (χ1) is 13.8. The number of halogens is 1. The highest BCUT2D eigenvalue weighted by atomic mass is 35.5. The standard InChI is InChI=1S/C21H23ClN2O4S/c1-15-2-8-20(9-3-15)29(26,27)28-24(19-12-16-10-11-23(13-16)14-19)21(25)17-4-6-18(22)7-5-17/h2-9,16,19H,10-14H2,1H3/t16-,19-/m1/s1. The lowest BCUT2D eigenvalue weighted by molar-refractivity contribution is -0.0742. The molecule has 8 heteroatoms. The predicted molar refractivity (Wildman–Crippen MR) is 110 cm³/mol. The average molecular weight is 435 g/mol. The summed E-state index contributed by atoms with van der Waals surface area (Å²) in [5.74, 6) is -0.0372. The molecule has 2 aromatic rings. The van der Waals surface area contributed by atoms with Crippen molar-refractivity contribution in [1.29, 1.82) is 0 Å². The zero-order valence-corrected chi connectivity index (χ0v) is 17.7. The van der Waals surface area contributed by atoms with E-state index in [0.29, 0.717) is 23.0 Å². The van der Waals surface area contributed by atoms with Gasteiger partial charge in [-0.2, -0.15) is 13.5 Å². The Balaban J connectivity index is 1.65. The molecule has 6 nitrogen and oxygen atoms in total. The summed E-state index contributed by atoms with van der Waals surface area (Å²) in [6, 6.07) is 12.4. The summed E-state index contributed by atoms with van der Waals surface area (Å²) >= 11 is 5.93. The number of amides is 1. The molecule has 29 heavy (non-hydrogen) atoms. The fraction of sp³-hybridized carbons (Fsp3) is 0.381. The van der Waals surface area contributed by atoms with E-state index in [1.54, 1.807) is 36.4 Å². The van der Waals surface area contributed by atoms with Crippen molar-refractivity contribution in [2.24, 2.45) is 5.92 Å². The minimum absolute atomic E-state index is 0.0242. The van der Waals surface area contributed by atoms with Crippen LogP contribution in [-0.4, -0.2) is 50.0 Å². The Morgan fingerprint density at radius 1 is 1.10 bits per heavy atom. The maximum Gasteiger partial charge on any atom is 0.317 e. The Hall–Kier alpha value is -1.93. The second-order valence-corrected chi connectivity index (χ2v) is 9.75. The van der Waals surface area contributed by atoms with Crippen LogP contribution in [-0.2, 0) is 14.4 Å². The largest absolute Gasteiger partial charge is 0.317 e. The summed E-state index contributed by atoms with van der Waals surface area (Å²) in [6.07, 6.45) is 1.78. The number of carbonyl (C=O) groups excluding carboxylic acids is 1. The third-order valence-corrected chi connectivity index (χ3v) is 7.01. The fourth-order valence-electron chi connectivity index (χ4n) is 4.03. The minimum Gasteiger partial charge on any atom is -0.301 e. The molecular formula is C21H23ClN2O4S. The molecule has 0 aliphatic carbocycles. The van der Waals surface area contributed by atoms with E-state index in [0.717, 1.165) is 36.6 Å². The van der Waals surface area contributed by atoms with Gasteiger partial charge in [0.05, 0.1) is 10.9 Å². The molecule has 2 fully saturated rings. The zero-order valence-electron chi connectivity index (χ0n) is 16.1. The van der Waals surface area contributed by atoms with Gasteiger partial charge in [0, 0.05) is 23.7 Å². The highest BCUT2D eigenvalue weighted by Gasteiger charge is 2.40. The van der Waals surface area contributed by atoms with Crippen LogP contribution in [0.15, 0.2) is 53.4 Å². The third-order valence-electron chi connectivity index (χ3n) is 5.56. The van der Waals surface area contributed by atoms with Crippen molar-refractivity contribution in [3.63, 3.8) is 0 Å². The Bertz CT molecular complexity index is 980. The molecule has 0 spiro atoms. The van der Waals surface area contributed by atoms with E-state index in [-0.39, 0.29) is 10.9 Å². The molecule has 4 rings (SSSR count). The summed E-state index contributed by atoms with van der Waals surface area (Å²) in [7, 11) is -4.14. The highest BCUT2D eigenvalue weighted by molar-refractivity contribution is 7.86. The normalized spacial score (nSPS) is 23.7. The van der Waals surface area contributed by atoms with Gasteiger partial charge in [0.15, 0.2) is 0 Å². The Labute approximate surface area is 176 Å². The Morgan fingerprint density at radius 3 is 2.45 bits per heavy atom. The summed E-state index contributed by atoms with van der Waals surface area (Å²) in [6.45, 7) is 4.43. The lowest BCUT2D eigenvalue weighted by Gasteiger charge is -2.36. The molecule has 0 aromatic heterocycles. The molecule has 2 aromatic carbocycles. The SMILES string of the molecule is Cc1ccc(S(=O)(=O)ON(C(=O)c2ccc(Cl)cc2)[C@@H]2C[C@H]3CCN(C3)C2)cc1. The first-order valence-electron chi connectivity index (χ1n) is 9.64. The van der Waals surface area contributed by atoms with Crippen LogP contribution in [0.2, 0.25) is 5.02 Å². The quantitative estimate of drug-likeness (QED) is 0.674. The lowest BCUT2D eigenvalue weighted by atomic mass is 9.96. The first-order valence-corrected chi connectivity index (χ1v) is 11.4. The number of hydrogen-bond acceptors (Lipinski definition) is 5. The van der Waals surface area contributed by atoms with E-state index in [2.05, 4.69) is 4.90 Å². The van der Waals surface area contributed by atoms with Crippen LogP contribution in [0.5, 0.6) is 0 Å². The number of rotatable bonds is 5. The van der Waals surface area contributed by atoms with Crippen LogP contribution in [0, 0.1) is 12.8 Å². The Morgan fingerprint density at radius 2 is 1.79 bits per heavy atom. The van der Waals surface area contributed by atoms with E-state index in [9.17, 15) is 13.2 Å². The number of benzene rings is 2. The average Bonchev–Trinajstić information content (AvgIpc) is 3.04. The number of nitrogens with zero attached hydrogens (tertiary/aromatic N) is 2. The number of aryl methyl sites for hydroxylation is 1. The van der Waals surface area contributed by atoms with E-state index in [4.69, 9.17) is 15.9 Å². The minimum atomic E-state index is -4.14. The van der Waals surface area contributed by atoms with E-state index in [1.165, 1.54) is 12.1 Å². The van der Waals surface area contributed by atoms with E-state index in [1.807, 2.05) is 6.92 Å². The second kappa shape index (κ2) is 8.07. The van der Waals surface area contributed by atoms with Crippen molar-refractivity contribution >= 4 is 27.6 Å². The van der Waals surface area contributed by atoms with Crippen molar-refractivity contribution in [2.45, 2.75) is 30.7 Å². The lowest BCUT2D eigenvalue weighted by Crippen LogP contribution is -2.50.